The Morgan fingerprint density at radius 1 is 1.60 bits per heavy atom. The molecular formula is C8H8N2O5. The lowest BCUT2D eigenvalue weighted by atomic mass is 10.3. The van der Waals surface area contributed by atoms with Crippen LogP contribution in [0.3, 0.4) is 0 Å². The Labute approximate surface area is 83.7 Å². The van der Waals surface area contributed by atoms with E-state index >= 15 is 0 Å². The molecule has 1 aromatic rings. The number of aliphatic carboxylic acids is 1. The van der Waals surface area contributed by atoms with E-state index in [1.807, 2.05) is 0 Å². The summed E-state index contributed by atoms with van der Waals surface area (Å²) in [5.74, 6) is -1.06. The number of hydrogen-bond donors (Lipinski definition) is 1. The van der Waals surface area contributed by atoms with Crippen LogP contribution < -0.4 is 5.56 Å². The minimum atomic E-state index is -1.06. The summed E-state index contributed by atoms with van der Waals surface area (Å²) in [6.07, 6.45) is 1.07. The van der Waals surface area contributed by atoms with Crippen molar-refractivity contribution in [3.63, 3.8) is 0 Å². The molecule has 0 aliphatic carbocycles. The fourth-order valence-electron chi connectivity index (χ4n) is 1.06. The first-order valence-corrected chi connectivity index (χ1v) is 4.08. The quantitative estimate of drug-likeness (QED) is 0.568. The highest BCUT2D eigenvalue weighted by molar-refractivity contribution is 5.66. The summed E-state index contributed by atoms with van der Waals surface area (Å²) in [4.78, 5) is 31.2. The molecule has 0 radical (unpaired) electrons. The van der Waals surface area contributed by atoms with Gasteiger partial charge in [0, 0.05) is 18.8 Å². The smallest absolute Gasteiger partial charge is 0.334 e. The van der Waals surface area contributed by atoms with Crippen LogP contribution in [0.5, 0.6) is 0 Å². The van der Waals surface area contributed by atoms with Crippen LogP contribution in [0.25, 0.3) is 0 Å². The van der Waals surface area contributed by atoms with Gasteiger partial charge in [-0.25, -0.2) is 0 Å². The van der Waals surface area contributed by atoms with Crippen molar-refractivity contribution in [3.05, 3.63) is 38.8 Å². The monoisotopic (exact) mass is 212 g/mol. The van der Waals surface area contributed by atoms with Crippen LogP contribution in [0.2, 0.25) is 0 Å². The Morgan fingerprint density at radius 3 is 2.80 bits per heavy atom. The highest BCUT2D eigenvalue weighted by Crippen LogP contribution is 2.01. The fraction of sp³-hybridized carbons (Fsp3) is 0.250. The molecule has 0 aromatic carbocycles. The number of nitro groups is 1. The highest BCUT2D eigenvalue weighted by atomic mass is 16.6. The van der Waals surface area contributed by atoms with Crippen molar-refractivity contribution in [1.29, 1.82) is 0 Å². The SMILES string of the molecule is O=C(O)CCn1cccc([N+](=O)[O-])c1=O. The van der Waals surface area contributed by atoms with Gasteiger partial charge in [0.15, 0.2) is 0 Å². The summed E-state index contributed by atoms with van der Waals surface area (Å²) in [5.41, 5.74) is -1.34. The zero-order valence-electron chi connectivity index (χ0n) is 7.62. The van der Waals surface area contributed by atoms with Gasteiger partial charge in [0.25, 0.3) is 0 Å². The van der Waals surface area contributed by atoms with Gasteiger partial charge in [0.2, 0.25) is 0 Å². The van der Waals surface area contributed by atoms with Crippen molar-refractivity contribution in [1.82, 2.24) is 4.57 Å². The highest BCUT2D eigenvalue weighted by Gasteiger charge is 2.13. The van der Waals surface area contributed by atoms with Gasteiger partial charge in [0.1, 0.15) is 0 Å². The van der Waals surface area contributed by atoms with Gasteiger partial charge in [-0.3, -0.25) is 19.7 Å². The molecule has 7 heteroatoms. The van der Waals surface area contributed by atoms with E-state index in [1.54, 1.807) is 0 Å². The van der Waals surface area contributed by atoms with Crippen molar-refractivity contribution in [2.45, 2.75) is 13.0 Å². The number of hydrogen-bond acceptors (Lipinski definition) is 4. The van der Waals surface area contributed by atoms with Gasteiger partial charge in [0.05, 0.1) is 11.3 Å². The average molecular weight is 212 g/mol. The predicted octanol–water partition coefficient (Wildman–Crippen LogP) is 0.231. The predicted molar refractivity (Wildman–Crippen MR) is 49.6 cm³/mol. The molecule has 0 amide bonds. The lowest BCUT2D eigenvalue weighted by Gasteiger charge is -2.01. The Morgan fingerprint density at radius 2 is 2.27 bits per heavy atom. The second-order valence-electron chi connectivity index (χ2n) is 2.79. The summed E-state index contributed by atoms with van der Waals surface area (Å²) in [6, 6.07) is 2.42. The third-order valence-electron chi connectivity index (χ3n) is 1.76. The zero-order chi connectivity index (χ0) is 11.4. The first kappa shape index (κ1) is 10.9. The second kappa shape index (κ2) is 4.36. The molecule has 15 heavy (non-hydrogen) atoms. The molecule has 1 aromatic heterocycles. The van der Waals surface area contributed by atoms with E-state index in [4.69, 9.17) is 5.11 Å². The molecule has 0 spiro atoms. The van der Waals surface area contributed by atoms with E-state index in [-0.39, 0.29) is 13.0 Å². The molecule has 0 atom stereocenters. The minimum absolute atomic E-state index is 0.0736. The number of carboxylic acids is 1. The molecule has 1 heterocycles. The topological polar surface area (TPSA) is 102 Å². The average Bonchev–Trinajstić information content (AvgIpc) is 2.15. The molecule has 0 aliphatic rings. The number of carboxylic acid groups (broad SMARTS) is 1. The molecule has 0 unspecified atom stereocenters. The summed E-state index contributed by atoms with van der Waals surface area (Å²) in [5, 5.41) is 18.8. The molecule has 0 saturated carbocycles. The molecule has 80 valence electrons. The standard InChI is InChI=1S/C8H8N2O5/c11-7(12)3-5-9-4-1-2-6(8(9)13)10(14)15/h1-2,4H,3,5H2,(H,11,12). The fourth-order valence-corrected chi connectivity index (χ4v) is 1.06. The van der Waals surface area contributed by atoms with E-state index in [9.17, 15) is 19.7 Å². The second-order valence-corrected chi connectivity index (χ2v) is 2.79. The minimum Gasteiger partial charge on any atom is -0.481 e. The molecule has 0 aliphatic heterocycles. The van der Waals surface area contributed by atoms with Crippen molar-refractivity contribution >= 4 is 11.7 Å². The van der Waals surface area contributed by atoms with Crippen molar-refractivity contribution in [3.8, 4) is 0 Å². The van der Waals surface area contributed by atoms with E-state index in [1.165, 1.54) is 12.3 Å². The Kier molecular flexibility index (Phi) is 3.17. The van der Waals surface area contributed by atoms with E-state index in [0.29, 0.717) is 0 Å². The normalized spacial score (nSPS) is 9.87. The number of pyridine rings is 1. The van der Waals surface area contributed by atoms with E-state index in [0.717, 1.165) is 10.6 Å². The van der Waals surface area contributed by atoms with Gasteiger partial charge in [-0.15, -0.1) is 0 Å². The molecule has 7 nitrogen and oxygen atoms in total. The number of carbonyl (C=O) groups is 1. The van der Waals surface area contributed by atoms with Crippen LogP contribution in [0.15, 0.2) is 23.1 Å². The van der Waals surface area contributed by atoms with Crippen molar-refractivity contribution < 1.29 is 14.8 Å². The van der Waals surface area contributed by atoms with Crippen molar-refractivity contribution in [2.75, 3.05) is 0 Å². The van der Waals surface area contributed by atoms with Crippen LogP contribution in [0.1, 0.15) is 6.42 Å². The molecular weight excluding hydrogens is 204 g/mol. The molecule has 0 fully saturated rings. The Balaban J connectivity index is 3.00. The van der Waals surface area contributed by atoms with Crippen LogP contribution in [-0.4, -0.2) is 20.6 Å². The van der Waals surface area contributed by atoms with Gasteiger partial charge in [-0.05, 0) is 6.07 Å². The molecule has 1 rings (SSSR count). The third kappa shape index (κ3) is 2.63. The van der Waals surface area contributed by atoms with Crippen LogP contribution in [-0.2, 0) is 11.3 Å². The number of nitrogens with zero attached hydrogens (tertiary/aromatic N) is 2. The van der Waals surface area contributed by atoms with Gasteiger partial charge in [-0.2, -0.15) is 0 Å². The third-order valence-corrected chi connectivity index (χ3v) is 1.76. The van der Waals surface area contributed by atoms with Gasteiger partial charge >= 0.3 is 17.2 Å². The van der Waals surface area contributed by atoms with Crippen LogP contribution >= 0.6 is 0 Å². The van der Waals surface area contributed by atoms with Crippen LogP contribution in [0.4, 0.5) is 5.69 Å². The van der Waals surface area contributed by atoms with Crippen molar-refractivity contribution in [2.24, 2.45) is 0 Å². The summed E-state index contributed by atoms with van der Waals surface area (Å²) in [6.45, 7) is -0.0736. The lowest BCUT2D eigenvalue weighted by molar-refractivity contribution is -0.386. The maximum absolute atomic E-state index is 11.4. The summed E-state index contributed by atoms with van der Waals surface area (Å²) >= 11 is 0. The number of aryl methyl sites for hydroxylation is 1. The Bertz CT molecular complexity index is 451. The van der Waals surface area contributed by atoms with Gasteiger partial charge < -0.3 is 9.67 Å². The van der Waals surface area contributed by atoms with Gasteiger partial charge in [-0.1, -0.05) is 0 Å². The number of rotatable bonds is 4. The molecule has 0 saturated heterocycles. The zero-order valence-corrected chi connectivity index (χ0v) is 7.62. The van der Waals surface area contributed by atoms with E-state index < -0.39 is 22.1 Å². The summed E-state index contributed by atoms with van der Waals surface area (Å²) in [7, 11) is 0. The Hall–Kier alpha value is -2.18. The lowest BCUT2D eigenvalue weighted by Crippen LogP contribution is -2.22. The summed E-state index contributed by atoms with van der Waals surface area (Å²) < 4.78 is 1.01. The first-order chi connectivity index (χ1) is 7.02. The number of aromatic nitrogens is 1. The maximum Gasteiger partial charge on any atom is 0.334 e. The first-order valence-electron chi connectivity index (χ1n) is 4.08. The molecule has 0 bridgehead atoms. The maximum atomic E-state index is 11.4. The molecule has 1 N–H and O–H groups in total. The largest absolute Gasteiger partial charge is 0.481 e. The van der Waals surface area contributed by atoms with E-state index in [2.05, 4.69) is 0 Å². The van der Waals surface area contributed by atoms with Crippen LogP contribution in [0, 0.1) is 10.1 Å².